The van der Waals surface area contributed by atoms with Gasteiger partial charge in [0.2, 0.25) is 21.8 Å². The molecular weight excluding hydrogens is 418 g/mol. The molecule has 31 heavy (non-hydrogen) atoms. The number of hydrazone groups is 1. The highest BCUT2D eigenvalue weighted by Gasteiger charge is 2.32. The van der Waals surface area contributed by atoms with Crippen molar-refractivity contribution in [3.05, 3.63) is 59.7 Å². The molecule has 0 aliphatic carbocycles. The van der Waals surface area contributed by atoms with Gasteiger partial charge in [-0.2, -0.15) is 5.10 Å². The third kappa shape index (κ3) is 4.61. The monoisotopic (exact) mass is 443 g/mol. The largest absolute Gasteiger partial charge is 0.497 e. The summed E-state index contributed by atoms with van der Waals surface area (Å²) in [4.78, 5) is 24.1. The molecule has 0 saturated carbocycles. The summed E-state index contributed by atoms with van der Waals surface area (Å²) in [5.74, 6) is -0.206. The van der Waals surface area contributed by atoms with E-state index in [0.29, 0.717) is 12.1 Å². The number of rotatable bonds is 6. The molecule has 1 heterocycles. The van der Waals surface area contributed by atoms with Gasteiger partial charge in [0.05, 0.1) is 30.3 Å². The molecular formula is C22H25N3O5S. The lowest BCUT2D eigenvalue weighted by atomic mass is 9.98. The predicted octanol–water partition coefficient (Wildman–Crippen LogP) is 3.10. The van der Waals surface area contributed by atoms with E-state index in [1.807, 2.05) is 24.3 Å². The zero-order valence-electron chi connectivity index (χ0n) is 17.9. The van der Waals surface area contributed by atoms with Crippen molar-refractivity contribution in [2.75, 3.05) is 17.2 Å². The molecule has 2 aromatic rings. The Morgan fingerprint density at radius 1 is 1.10 bits per heavy atom. The zero-order chi connectivity index (χ0) is 22.8. The third-order valence-corrected chi connectivity index (χ3v) is 6.85. The number of hydrogen-bond acceptors (Lipinski definition) is 6. The number of benzene rings is 2. The number of ether oxygens (including phenoxy) is 1. The van der Waals surface area contributed by atoms with Crippen LogP contribution in [0.3, 0.4) is 0 Å². The number of sulfonamides is 1. The standard InChI is InChI=1S/C22H25N3O5S/c1-5-31(28,29)25(16(3)27)19-10-6-17(7-11-19)21-14-22(24(23-21)15(2)26)18-8-12-20(30-4)13-9-18/h6-13,22H,5,14H2,1-4H3/t22-/m1/s1. The summed E-state index contributed by atoms with van der Waals surface area (Å²) in [6.45, 7) is 4.17. The number of anilines is 1. The number of nitrogens with zero attached hydrogens (tertiary/aromatic N) is 3. The number of amides is 2. The summed E-state index contributed by atoms with van der Waals surface area (Å²) in [6.07, 6.45) is 0.509. The van der Waals surface area contributed by atoms with E-state index in [2.05, 4.69) is 5.10 Å². The molecule has 0 unspecified atom stereocenters. The third-order valence-electron chi connectivity index (χ3n) is 5.10. The normalized spacial score (nSPS) is 16.1. The van der Waals surface area contributed by atoms with Crippen molar-refractivity contribution >= 4 is 33.2 Å². The minimum atomic E-state index is -3.72. The first-order valence-electron chi connectivity index (χ1n) is 9.83. The Labute approximate surface area is 182 Å². The van der Waals surface area contributed by atoms with Gasteiger partial charge < -0.3 is 4.74 Å². The smallest absolute Gasteiger partial charge is 0.241 e. The summed E-state index contributed by atoms with van der Waals surface area (Å²) in [5, 5.41) is 5.96. The van der Waals surface area contributed by atoms with Crippen molar-refractivity contribution in [3.63, 3.8) is 0 Å². The minimum absolute atomic E-state index is 0.177. The number of carbonyl (C=O) groups is 2. The van der Waals surface area contributed by atoms with Crippen LogP contribution in [0.1, 0.15) is 44.4 Å². The lowest BCUT2D eigenvalue weighted by molar-refractivity contribution is -0.130. The Bertz CT molecular complexity index is 1110. The molecule has 1 aliphatic rings. The molecule has 0 saturated heterocycles. The molecule has 9 heteroatoms. The van der Waals surface area contributed by atoms with Gasteiger partial charge in [0.15, 0.2) is 0 Å². The van der Waals surface area contributed by atoms with E-state index in [1.165, 1.54) is 25.8 Å². The van der Waals surface area contributed by atoms with Crippen LogP contribution in [0, 0.1) is 0 Å². The van der Waals surface area contributed by atoms with E-state index >= 15 is 0 Å². The number of carbonyl (C=O) groups excluding carboxylic acids is 2. The van der Waals surface area contributed by atoms with Crippen LogP contribution in [0.2, 0.25) is 0 Å². The first-order valence-corrected chi connectivity index (χ1v) is 11.4. The van der Waals surface area contributed by atoms with Crippen LogP contribution in [0.15, 0.2) is 53.6 Å². The Balaban J connectivity index is 1.89. The van der Waals surface area contributed by atoms with Crippen molar-refractivity contribution in [1.82, 2.24) is 5.01 Å². The van der Waals surface area contributed by atoms with Gasteiger partial charge in [-0.3, -0.25) is 9.59 Å². The van der Waals surface area contributed by atoms with Crippen molar-refractivity contribution in [2.45, 2.75) is 33.2 Å². The highest BCUT2D eigenvalue weighted by molar-refractivity contribution is 7.93. The summed E-state index contributed by atoms with van der Waals surface area (Å²) in [5.41, 5.74) is 2.66. The van der Waals surface area contributed by atoms with Gasteiger partial charge in [0.1, 0.15) is 5.75 Å². The van der Waals surface area contributed by atoms with Gasteiger partial charge in [-0.05, 0) is 42.3 Å². The van der Waals surface area contributed by atoms with Crippen LogP contribution in [-0.2, 0) is 19.6 Å². The Hall–Kier alpha value is -3.20. The number of methoxy groups -OCH3 is 1. The lowest BCUT2D eigenvalue weighted by Crippen LogP contribution is -2.36. The first kappa shape index (κ1) is 22.5. The molecule has 1 atom stereocenters. The Morgan fingerprint density at radius 2 is 1.71 bits per heavy atom. The van der Waals surface area contributed by atoms with Crippen molar-refractivity contribution < 1.29 is 22.7 Å². The maximum absolute atomic E-state index is 12.3. The molecule has 3 rings (SSSR count). The molecule has 2 aromatic carbocycles. The van der Waals surface area contributed by atoms with Gasteiger partial charge in [0.25, 0.3) is 0 Å². The molecule has 0 spiro atoms. The molecule has 1 aliphatic heterocycles. The van der Waals surface area contributed by atoms with Gasteiger partial charge in [-0.15, -0.1) is 0 Å². The molecule has 0 radical (unpaired) electrons. The molecule has 0 bridgehead atoms. The van der Waals surface area contributed by atoms with E-state index in [0.717, 1.165) is 21.2 Å². The average molecular weight is 444 g/mol. The van der Waals surface area contributed by atoms with E-state index in [4.69, 9.17) is 4.74 Å². The molecule has 0 fully saturated rings. The van der Waals surface area contributed by atoms with Gasteiger partial charge >= 0.3 is 0 Å². The van der Waals surface area contributed by atoms with Crippen LogP contribution >= 0.6 is 0 Å². The summed E-state index contributed by atoms with van der Waals surface area (Å²) >= 11 is 0. The van der Waals surface area contributed by atoms with Crippen LogP contribution in [0.5, 0.6) is 5.75 Å². The van der Waals surface area contributed by atoms with Gasteiger partial charge in [0, 0.05) is 20.3 Å². The lowest BCUT2D eigenvalue weighted by Gasteiger charge is -2.20. The maximum Gasteiger partial charge on any atom is 0.241 e. The molecule has 164 valence electrons. The van der Waals surface area contributed by atoms with Crippen LogP contribution in [0.4, 0.5) is 5.69 Å². The average Bonchev–Trinajstić information content (AvgIpc) is 3.20. The minimum Gasteiger partial charge on any atom is -0.497 e. The van der Waals surface area contributed by atoms with Crippen molar-refractivity contribution in [3.8, 4) is 5.75 Å². The van der Waals surface area contributed by atoms with Crippen LogP contribution in [-0.4, -0.2) is 43.8 Å². The SMILES string of the molecule is CCS(=O)(=O)N(C(C)=O)c1ccc(C2=NN(C(C)=O)[C@@H](c3ccc(OC)cc3)C2)cc1. The Kier molecular flexibility index (Phi) is 6.45. The second-order valence-electron chi connectivity index (χ2n) is 7.13. The van der Waals surface area contributed by atoms with Crippen molar-refractivity contribution in [2.24, 2.45) is 5.10 Å². The van der Waals surface area contributed by atoms with E-state index in [-0.39, 0.29) is 23.4 Å². The highest BCUT2D eigenvalue weighted by Crippen LogP contribution is 2.34. The quantitative estimate of drug-likeness (QED) is 0.684. The highest BCUT2D eigenvalue weighted by atomic mass is 32.2. The van der Waals surface area contributed by atoms with Crippen molar-refractivity contribution in [1.29, 1.82) is 0 Å². The first-order chi connectivity index (χ1) is 14.7. The number of hydrogen-bond donors (Lipinski definition) is 0. The molecule has 2 amide bonds. The predicted molar refractivity (Wildman–Crippen MR) is 118 cm³/mol. The molecule has 8 nitrogen and oxygen atoms in total. The second kappa shape index (κ2) is 8.89. The van der Waals surface area contributed by atoms with E-state index in [9.17, 15) is 18.0 Å². The van der Waals surface area contributed by atoms with E-state index in [1.54, 1.807) is 31.4 Å². The van der Waals surface area contributed by atoms with Crippen LogP contribution < -0.4 is 9.04 Å². The topological polar surface area (TPSA) is 96.4 Å². The fourth-order valence-electron chi connectivity index (χ4n) is 3.52. The van der Waals surface area contributed by atoms with Gasteiger partial charge in [-0.25, -0.2) is 17.7 Å². The molecule has 0 N–H and O–H groups in total. The summed E-state index contributed by atoms with van der Waals surface area (Å²) < 4.78 is 30.5. The Morgan fingerprint density at radius 3 is 2.19 bits per heavy atom. The van der Waals surface area contributed by atoms with Crippen LogP contribution in [0.25, 0.3) is 0 Å². The maximum atomic E-state index is 12.3. The fraction of sp³-hybridized carbons (Fsp3) is 0.318. The zero-order valence-corrected chi connectivity index (χ0v) is 18.7. The second-order valence-corrected chi connectivity index (χ2v) is 9.24. The fourth-order valence-corrected chi connectivity index (χ4v) is 4.61. The summed E-state index contributed by atoms with van der Waals surface area (Å²) in [6, 6.07) is 13.8. The molecule has 0 aromatic heterocycles. The van der Waals surface area contributed by atoms with E-state index < -0.39 is 15.9 Å². The van der Waals surface area contributed by atoms with Gasteiger partial charge in [-0.1, -0.05) is 24.3 Å². The summed E-state index contributed by atoms with van der Waals surface area (Å²) in [7, 11) is -2.13.